The molecule has 1 aromatic carbocycles. The Morgan fingerprint density at radius 2 is 1.85 bits per heavy atom. The molecule has 1 N–H and O–H groups in total. The fourth-order valence-electron chi connectivity index (χ4n) is 4.25. The Balaban J connectivity index is 1.89. The minimum atomic E-state index is -0.681. The maximum absolute atomic E-state index is 13.6. The quantitative estimate of drug-likeness (QED) is 0.319. The summed E-state index contributed by atoms with van der Waals surface area (Å²) in [4.78, 5) is 42.3. The average Bonchev–Trinajstić information content (AvgIpc) is 3.30. The molecule has 0 atom stereocenters. The van der Waals surface area contributed by atoms with Gasteiger partial charge in [-0.05, 0) is 43.7 Å². The van der Waals surface area contributed by atoms with Crippen LogP contribution in [0.2, 0.25) is 0 Å². The van der Waals surface area contributed by atoms with Gasteiger partial charge in [-0.3, -0.25) is 19.1 Å². The van der Waals surface area contributed by atoms with Crippen molar-refractivity contribution in [1.82, 2.24) is 14.3 Å². The minimum Gasteiger partial charge on any atom is -0.343 e. The molecule has 0 unspecified atom stereocenters. The van der Waals surface area contributed by atoms with Crippen molar-refractivity contribution in [3.63, 3.8) is 0 Å². The van der Waals surface area contributed by atoms with Gasteiger partial charge in [-0.1, -0.05) is 13.8 Å². The summed E-state index contributed by atoms with van der Waals surface area (Å²) in [6, 6.07) is 5.50. The lowest BCUT2D eigenvalue weighted by Crippen LogP contribution is -2.29. The number of carbonyl (C=O) groups excluding carboxylic acids is 3. The first-order chi connectivity index (χ1) is 15.9. The number of carbonyl (C=O) groups is 3. The van der Waals surface area contributed by atoms with Crippen molar-refractivity contribution >= 4 is 28.8 Å². The number of Topliss-reactive ketones (excluding diaryl/α,β-unsaturated/α-hetero) is 2. The number of aromatic nitrogens is 3. The second kappa shape index (κ2) is 9.06. The van der Waals surface area contributed by atoms with Gasteiger partial charge >= 0.3 is 0 Å². The molecule has 0 saturated heterocycles. The summed E-state index contributed by atoms with van der Waals surface area (Å²) < 4.78 is 16.8. The van der Waals surface area contributed by atoms with Crippen LogP contribution in [0.3, 0.4) is 0 Å². The summed E-state index contributed by atoms with van der Waals surface area (Å²) in [5.41, 5.74) is 1.51. The van der Waals surface area contributed by atoms with Crippen LogP contribution >= 0.6 is 0 Å². The molecular formula is C25H26FN5O3. The summed E-state index contributed by atoms with van der Waals surface area (Å²) in [5.74, 6) is -2.43. The molecule has 2 heterocycles. The first-order valence-corrected chi connectivity index (χ1v) is 10.6. The van der Waals surface area contributed by atoms with Gasteiger partial charge in [0.25, 0.3) is 5.91 Å². The van der Waals surface area contributed by atoms with Gasteiger partial charge in [0.15, 0.2) is 0 Å². The van der Waals surface area contributed by atoms with Gasteiger partial charge in [0.1, 0.15) is 11.5 Å². The molecule has 0 bridgehead atoms. The SMILES string of the molecule is [C-]#[N+]c1cc(NC(=O)c2c(C)c(C(=O)C(=O)CC(C)(C)c3ccnn3C)c(C)n2C)ccc1F. The molecule has 0 aliphatic carbocycles. The van der Waals surface area contributed by atoms with Gasteiger partial charge in [0.2, 0.25) is 17.3 Å². The van der Waals surface area contributed by atoms with E-state index in [2.05, 4.69) is 15.3 Å². The van der Waals surface area contributed by atoms with E-state index in [1.54, 1.807) is 43.4 Å². The molecule has 0 aliphatic rings. The number of halogens is 1. The molecule has 0 spiro atoms. The highest BCUT2D eigenvalue weighted by Crippen LogP contribution is 2.29. The standard InChI is InChI=1S/C25H26FN5O3/c1-14-21(23(33)19(32)13-25(3,4)20-10-11-28-31(20)7)15(2)30(6)22(14)24(34)29-16-8-9-17(26)18(12-16)27-5/h8-12H,13H2,1-4,6-7H3,(H,29,34). The lowest BCUT2D eigenvalue weighted by Gasteiger charge is -2.23. The number of nitrogens with zero attached hydrogens (tertiary/aromatic N) is 4. The minimum absolute atomic E-state index is 0.0182. The number of aryl methyl sites for hydroxylation is 1. The molecular weight excluding hydrogens is 437 g/mol. The van der Waals surface area contributed by atoms with E-state index in [-0.39, 0.29) is 29.1 Å². The fourth-order valence-corrected chi connectivity index (χ4v) is 4.25. The van der Waals surface area contributed by atoms with Crippen molar-refractivity contribution in [3.8, 4) is 0 Å². The van der Waals surface area contributed by atoms with E-state index in [0.29, 0.717) is 11.3 Å². The third-order valence-corrected chi connectivity index (χ3v) is 6.07. The number of rotatable bonds is 7. The number of nitrogens with one attached hydrogen (secondary N) is 1. The Bertz CT molecular complexity index is 1360. The highest BCUT2D eigenvalue weighted by Gasteiger charge is 2.33. The number of anilines is 1. The van der Waals surface area contributed by atoms with Crippen LogP contribution in [0.1, 0.15) is 58.1 Å². The lowest BCUT2D eigenvalue weighted by molar-refractivity contribution is -0.116. The van der Waals surface area contributed by atoms with Gasteiger partial charge in [0.05, 0.1) is 12.1 Å². The summed E-state index contributed by atoms with van der Waals surface area (Å²) in [6.07, 6.45) is 1.62. The van der Waals surface area contributed by atoms with E-state index in [9.17, 15) is 18.8 Å². The third-order valence-electron chi connectivity index (χ3n) is 6.07. The Morgan fingerprint density at radius 3 is 2.44 bits per heavy atom. The van der Waals surface area contributed by atoms with Crippen molar-refractivity contribution in [2.75, 3.05) is 5.32 Å². The van der Waals surface area contributed by atoms with E-state index >= 15 is 0 Å². The van der Waals surface area contributed by atoms with E-state index in [1.165, 1.54) is 12.1 Å². The highest BCUT2D eigenvalue weighted by atomic mass is 19.1. The number of ketones is 2. The molecule has 0 fully saturated rings. The van der Waals surface area contributed by atoms with Gasteiger partial charge in [-0.15, -0.1) is 0 Å². The third kappa shape index (κ3) is 4.39. The largest absolute Gasteiger partial charge is 0.343 e. The van der Waals surface area contributed by atoms with Crippen LogP contribution in [0.25, 0.3) is 4.85 Å². The van der Waals surface area contributed by atoms with Crippen LogP contribution in [-0.2, 0) is 24.3 Å². The van der Waals surface area contributed by atoms with Gasteiger partial charge in [-0.2, -0.15) is 5.10 Å². The van der Waals surface area contributed by atoms with E-state index in [1.807, 2.05) is 19.9 Å². The summed E-state index contributed by atoms with van der Waals surface area (Å²) >= 11 is 0. The second-order valence-electron chi connectivity index (χ2n) is 8.88. The predicted octanol–water partition coefficient (Wildman–Crippen LogP) is 4.44. The topological polar surface area (TPSA) is 90.3 Å². The van der Waals surface area contributed by atoms with Crippen LogP contribution < -0.4 is 5.32 Å². The Kier molecular flexibility index (Phi) is 6.55. The van der Waals surface area contributed by atoms with Crippen molar-refractivity contribution in [1.29, 1.82) is 0 Å². The molecule has 3 aromatic rings. The molecule has 0 radical (unpaired) electrons. The summed E-state index contributed by atoms with van der Waals surface area (Å²) in [7, 11) is 3.41. The molecule has 176 valence electrons. The smallest absolute Gasteiger partial charge is 0.272 e. The first-order valence-electron chi connectivity index (χ1n) is 10.6. The molecule has 8 nitrogen and oxygen atoms in total. The molecule has 3 rings (SSSR count). The van der Waals surface area contributed by atoms with Crippen molar-refractivity contribution in [2.24, 2.45) is 14.1 Å². The lowest BCUT2D eigenvalue weighted by atomic mass is 9.82. The average molecular weight is 464 g/mol. The maximum Gasteiger partial charge on any atom is 0.272 e. The normalized spacial score (nSPS) is 11.2. The number of hydrogen-bond acceptors (Lipinski definition) is 4. The zero-order valence-electron chi connectivity index (χ0n) is 20.0. The van der Waals surface area contributed by atoms with Crippen LogP contribution in [0.15, 0.2) is 30.5 Å². The van der Waals surface area contributed by atoms with Crippen LogP contribution in [0, 0.1) is 26.2 Å². The monoisotopic (exact) mass is 463 g/mol. The zero-order chi connectivity index (χ0) is 25.4. The molecule has 0 aliphatic heterocycles. The summed E-state index contributed by atoms with van der Waals surface area (Å²) in [5, 5.41) is 6.78. The zero-order valence-corrected chi connectivity index (χ0v) is 20.0. The van der Waals surface area contributed by atoms with Crippen LogP contribution in [-0.4, -0.2) is 31.8 Å². The number of hydrogen-bond donors (Lipinski definition) is 1. The second-order valence-corrected chi connectivity index (χ2v) is 8.88. The predicted molar refractivity (Wildman–Crippen MR) is 126 cm³/mol. The van der Waals surface area contributed by atoms with E-state index in [0.717, 1.165) is 11.8 Å². The van der Waals surface area contributed by atoms with Crippen molar-refractivity contribution in [2.45, 2.75) is 39.5 Å². The van der Waals surface area contributed by atoms with E-state index < -0.39 is 28.7 Å². The molecule has 1 amide bonds. The van der Waals surface area contributed by atoms with Gasteiger partial charge in [0, 0.05) is 49.2 Å². The Hall–Kier alpha value is -4.06. The maximum atomic E-state index is 13.6. The van der Waals surface area contributed by atoms with Crippen molar-refractivity contribution in [3.05, 3.63) is 75.9 Å². The van der Waals surface area contributed by atoms with Crippen LogP contribution in [0.4, 0.5) is 15.8 Å². The number of amides is 1. The van der Waals surface area contributed by atoms with Crippen LogP contribution in [0.5, 0.6) is 0 Å². The molecule has 2 aromatic heterocycles. The number of benzene rings is 1. The highest BCUT2D eigenvalue weighted by molar-refractivity contribution is 6.44. The van der Waals surface area contributed by atoms with Crippen molar-refractivity contribution < 1.29 is 18.8 Å². The Labute approximate surface area is 197 Å². The molecule has 0 saturated carbocycles. The first kappa shape index (κ1) is 24.6. The van der Waals surface area contributed by atoms with Gasteiger partial charge in [-0.25, -0.2) is 9.24 Å². The molecule has 9 heteroatoms. The summed E-state index contributed by atoms with van der Waals surface area (Å²) in [6.45, 7) is 14.1. The fraction of sp³-hybridized carbons (Fsp3) is 0.320. The van der Waals surface area contributed by atoms with Gasteiger partial charge < -0.3 is 9.88 Å². The Morgan fingerprint density at radius 1 is 1.18 bits per heavy atom. The molecule has 34 heavy (non-hydrogen) atoms. The van der Waals surface area contributed by atoms with E-state index in [4.69, 9.17) is 6.57 Å².